The van der Waals surface area contributed by atoms with Crippen molar-refractivity contribution in [1.82, 2.24) is 4.90 Å². The smallest absolute Gasteiger partial charge is 0.328 e. The lowest BCUT2D eigenvalue weighted by molar-refractivity contribution is -0.144. The van der Waals surface area contributed by atoms with Crippen molar-refractivity contribution >= 4 is 40.9 Å². The number of benzene rings is 1. The van der Waals surface area contributed by atoms with Crippen LogP contribution in [0, 0.1) is 0 Å². The van der Waals surface area contributed by atoms with Crippen molar-refractivity contribution in [2.75, 3.05) is 19.0 Å². The minimum absolute atomic E-state index is 0.0624. The van der Waals surface area contributed by atoms with Gasteiger partial charge in [-0.3, -0.25) is 0 Å². The summed E-state index contributed by atoms with van der Waals surface area (Å²) in [4.78, 5) is 25.1. The standard InChI is InChI=1S/C13H14Cl2N2O4/c1-21-12(19)11-5-8(18)6-17(11)13(20)16-7-2-3-9(14)10(15)4-7/h2-4,8,11,18H,5-6H2,1H3,(H,16,20)/t8-,11-/m0/s1. The van der Waals surface area contributed by atoms with Crippen molar-refractivity contribution in [3.05, 3.63) is 28.2 Å². The van der Waals surface area contributed by atoms with Gasteiger partial charge in [-0.2, -0.15) is 0 Å². The third kappa shape index (κ3) is 3.58. The number of rotatable bonds is 2. The molecule has 2 N–H and O–H groups in total. The van der Waals surface area contributed by atoms with Gasteiger partial charge in [-0.25, -0.2) is 9.59 Å². The molecule has 1 fully saturated rings. The van der Waals surface area contributed by atoms with Crippen molar-refractivity contribution in [2.24, 2.45) is 0 Å². The number of ether oxygens (including phenoxy) is 1. The maximum atomic E-state index is 12.2. The van der Waals surface area contributed by atoms with Crippen molar-refractivity contribution in [3.63, 3.8) is 0 Å². The number of halogens is 2. The first-order chi connectivity index (χ1) is 9.92. The molecule has 2 rings (SSSR count). The topological polar surface area (TPSA) is 78.9 Å². The fraction of sp³-hybridized carbons (Fsp3) is 0.385. The van der Waals surface area contributed by atoms with Gasteiger partial charge in [0.15, 0.2) is 0 Å². The fourth-order valence-corrected chi connectivity index (χ4v) is 2.46. The van der Waals surface area contributed by atoms with Crippen molar-refractivity contribution in [3.8, 4) is 0 Å². The number of amides is 2. The van der Waals surface area contributed by atoms with E-state index in [1.54, 1.807) is 12.1 Å². The molecular formula is C13H14Cl2N2O4. The molecule has 1 aliphatic heterocycles. The van der Waals surface area contributed by atoms with Crippen LogP contribution in [0.2, 0.25) is 10.0 Å². The monoisotopic (exact) mass is 332 g/mol. The van der Waals surface area contributed by atoms with Crippen LogP contribution in [0.3, 0.4) is 0 Å². The minimum atomic E-state index is -0.798. The summed E-state index contributed by atoms with van der Waals surface area (Å²) in [7, 11) is 1.24. The van der Waals surface area contributed by atoms with E-state index in [1.807, 2.05) is 0 Å². The van der Waals surface area contributed by atoms with E-state index in [-0.39, 0.29) is 13.0 Å². The average molecular weight is 333 g/mol. The Bertz CT molecular complexity index is 567. The number of nitrogens with one attached hydrogen (secondary N) is 1. The number of likely N-dealkylation sites (tertiary alicyclic amines) is 1. The molecule has 1 aliphatic rings. The quantitative estimate of drug-likeness (QED) is 0.813. The van der Waals surface area contributed by atoms with E-state index in [0.717, 1.165) is 0 Å². The normalized spacial score (nSPS) is 21.2. The van der Waals surface area contributed by atoms with Crippen LogP contribution in [-0.4, -0.2) is 47.8 Å². The second-order valence-corrected chi connectivity index (χ2v) is 5.45. The van der Waals surface area contributed by atoms with Crippen LogP contribution in [0.1, 0.15) is 6.42 Å². The number of hydrogen-bond donors (Lipinski definition) is 2. The number of aliphatic hydroxyl groups excluding tert-OH is 1. The third-order valence-electron chi connectivity index (χ3n) is 3.18. The molecular weight excluding hydrogens is 319 g/mol. The predicted molar refractivity (Wildman–Crippen MR) is 78.6 cm³/mol. The second-order valence-electron chi connectivity index (χ2n) is 4.64. The Balaban J connectivity index is 2.11. The van der Waals surface area contributed by atoms with E-state index >= 15 is 0 Å². The van der Waals surface area contributed by atoms with Crippen LogP contribution >= 0.6 is 23.2 Å². The van der Waals surface area contributed by atoms with Crippen molar-refractivity contribution in [2.45, 2.75) is 18.6 Å². The van der Waals surface area contributed by atoms with Gasteiger partial charge in [-0.1, -0.05) is 23.2 Å². The molecule has 1 aromatic carbocycles. The molecule has 0 bridgehead atoms. The van der Waals surface area contributed by atoms with Crippen LogP contribution in [0.15, 0.2) is 18.2 Å². The number of anilines is 1. The third-order valence-corrected chi connectivity index (χ3v) is 3.92. The summed E-state index contributed by atoms with van der Waals surface area (Å²) in [5, 5.41) is 12.9. The largest absolute Gasteiger partial charge is 0.467 e. The molecule has 1 aromatic rings. The number of carbonyl (C=O) groups excluding carboxylic acids is 2. The summed E-state index contributed by atoms with van der Waals surface area (Å²) in [6.07, 6.45) is -0.602. The molecule has 1 saturated heterocycles. The number of hydrogen-bond acceptors (Lipinski definition) is 4. The summed E-state index contributed by atoms with van der Waals surface area (Å²) < 4.78 is 4.64. The van der Waals surface area contributed by atoms with Gasteiger partial charge in [-0.05, 0) is 18.2 Å². The van der Waals surface area contributed by atoms with Gasteiger partial charge in [-0.15, -0.1) is 0 Å². The van der Waals surface area contributed by atoms with Gasteiger partial charge < -0.3 is 20.1 Å². The molecule has 114 valence electrons. The molecule has 21 heavy (non-hydrogen) atoms. The average Bonchev–Trinajstić information content (AvgIpc) is 2.84. The Labute approximate surface area is 131 Å². The molecule has 0 aromatic heterocycles. The van der Waals surface area contributed by atoms with Gasteiger partial charge in [0.1, 0.15) is 6.04 Å². The van der Waals surface area contributed by atoms with E-state index in [2.05, 4.69) is 10.1 Å². The lowest BCUT2D eigenvalue weighted by Gasteiger charge is -2.22. The molecule has 6 nitrogen and oxygen atoms in total. The molecule has 0 saturated carbocycles. The lowest BCUT2D eigenvalue weighted by atomic mass is 10.2. The zero-order valence-corrected chi connectivity index (χ0v) is 12.7. The first-order valence-corrected chi connectivity index (χ1v) is 6.96. The molecule has 2 atom stereocenters. The number of aliphatic hydroxyl groups is 1. The lowest BCUT2D eigenvalue weighted by Crippen LogP contribution is -2.43. The Kier molecular flexibility index (Phi) is 4.92. The number of urea groups is 1. The number of esters is 1. The van der Waals surface area contributed by atoms with E-state index in [9.17, 15) is 14.7 Å². The molecule has 0 unspecified atom stereocenters. The van der Waals surface area contributed by atoms with Crippen molar-refractivity contribution < 1.29 is 19.4 Å². The second kappa shape index (κ2) is 6.51. The summed E-state index contributed by atoms with van der Waals surface area (Å²) in [5.74, 6) is -0.559. The summed E-state index contributed by atoms with van der Waals surface area (Å²) in [6.45, 7) is 0.0624. The number of methoxy groups -OCH3 is 1. The SMILES string of the molecule is COC(=O)[C@@H]1C[C@H](O)CN1C(=O)Nc1ccc(Cl)c(Cl)c1. The highest BCUT2D eigenvalue weighted by Crippen LogP contribution is 2.26. The highest BCUT2D eigenvalue weighted by Gasteiger charge is 2.39. The molecule has 0 aliphatic carbocycles. The summed E-state index contributed by atoms with van der Waals surface area (Å²) in [5.41, 5.74) is 0.444. The number of nitrogens with zero attached hydrogens (tertiary/aromatic N) is 1. The van der Waals surface area contributed by atoms with Gasteiger partial charge in [0.05, 0.1) is 23.3 Å². The van der Waals surface area contributed by atoms with E-state index in [0.29, 0.717) is 15.7 Å². The van der Waals surface area contributed by atoms with Gasteiger partial charge in [0.2, 0.25) is 0 Å². The van der Waals surface area contributed by atoms with E-state index in [1.165, 1.54) is 18.1 Å². The first kappa shape index (κ1) is 15.9. The summed E-state index contributed by atoms with van der Waals surface area (Å²) >= 11 is 11.7. The summed E-state index contributed by atoms with van der Waals surface area (Å²) in [6, 6.07) is 3.33. The highest BCUT2D eigenvalue weighted by molar-refractivity contribution is 6.42. The molecule has 2 amide bonds. The van der Waals surface area contributed by atoms with Crippen LogP contribution in [0.25, 0.3) is 0 Å². The van der Waals surface area contributed by atoms with Crippen LogP contribution < -0.4 is 5.32 Å². The highest BCUT2D eigenvalue weighted by atomic mass is 35.5. The zero-order chi connectivity index (χ0) is 15.6. The Morgan fingerprint density at radius 2 is 2.10 bits per heavy atom. The van der Waals surface area contributed by atoms with Crippen LogP contribution in [0.4, 0.5) is 10.5 Å². The Morgan fingerprint density at radius 3 is 2.71 bits per heavy atom. The molecule has 0 spiro atoms. The maximum Gasteiger partial charge on any atom is 0.328 e. The Hall–Kier alpha value is -1.50. The molecule has 8 heteroatoms. The van der Waals surface area contributed by atoms with Gasteiger partial charge in [0, 0.05) is 18.7 Å². The first-order valence-electron chi connectivity index (χ1n) is 6.21. The fourth-order valence-electron chi connectivity index (χ4n) is 2.17. The number of β-amino-alcohol motifs (C(OH)–C–C–N with tert-alkyl or cyclic N) is 1. The maximum absolute atomic E-state index is 12.2. The minimum Gasteiger partial charge on any atom is -0.467 e. The van der Waals surface area contributed by atoms with Gasteiger partial charge in [0.25, 0.3) is 0 Å². The predicted octanol–water partition coefficient (Wildman–Crippen LogP) is 2.13. The van der Waals surface area contributed by atoms with Crippen molar-refractivity contribution in [1.29, 1.82) is 0 Å². The number of carbonyl (C=O) groups is 2. The van der Waals surface area contributed by atoms with Crippen LogP contribution in [0.5, 0.6) is 0 Å². The van der Waals surface area contributed by atoms with Gasteiger partial charge >= 0.3 is 12.0 Å². The molecule has 1 heterocycles. The Morgan fingerprint density at radius 1 is 1.38 bits per heavy atom. The van der Waals surface area contributed by atoms with E-state index in [4.69, 9.17) is 23.2 Å². The van der Waals surface area contributed by atoms with Crippen LogP contribution in [-0.2, 0) is 9.53 Å². The molecule has 0 radical (unpaired) electrons. The zero-order valence-electron chi connectivity index (χ0n) is 11.2. The van der Waals surface area contributed by atoms with E-state index < -0.39 is 24.1 Å².